The van der Waals surface area contributed by atoms with Crippen LogP contribution in [-0.2, 0) is 14.5 Å². The highest BCUT2D eigenvalue weighted by atomic mass is 35.7. The Morgan fingerprint density at radius 2 is 1.24 bits per heavy atom. The lowest BCUT2D eigenvalue weighted by atomic mass is 10.1. The molecule has 0 rings (SSSR count). The molecule has 4 heteroatoms. The molecule has 0 radical (unpaired) electrons. The topological polar surface area (TPSA) is 26.3 Å². The number of hydrogen-bond donors (Lipinski definition) is 0. The molecule has 0 bridgehead atoms. The van der Waals surface area contributed by atoms with Crippen LogP contribution >= 0.6 is 10.7 Å². The van der Waals surface area contributed by atoms with Gasteiger partial charge in [0.2, 0.25) is 0 Å². The fourth-order valence-corrected chi connectivity index (χ4v) is 2.33. The van der Waals surface area contributed by atoms with Crippen molar-refractivity contribution in [1.82, 2.24) is 0 Å². The molecule has 1 atom stereocenters. The van der Waals surface area contributed by atoms with Gasteiger partial charge >= 0.3 is 0 Å². The van der Waals surface area contributed by atoms with Gasteiger partial charge in [-0.15, -0.1) is 0 Å². The molecule has 0 aromatic heterocycles. The first-order valence-electron chi connectivity index (χ1n) is 6.98. The van der Waals surface area contributed by atoms with E-state index >= 15 is 0 Å². The molecule has 0 fully saturated rings. The summed E-state index contributed by atoms with van der Waals surface area (Å²) in [4.78, 5) is 0. The summed E-state index contributed by atoms with van der Waals surface area (Å²) in [6.45, 7) is 2.77. The first kappa shape index (κ1) is 17.4. The van der Waals surface area contributed by atoms with Crippen molar-refractivity contribution in [2.24, 2.45) is 0 Å². The Kier molecular flexibility index (Phi) is 14.8. The van der Waals surface area contributed by atoms with E-state index in [1.54, 1.807) is 0 Å². The summed E-state index contributed by atoms with van der Waals surface area (Å²) in [5.41, 5.74) is 0. The SMILES string of the molecule is CCCCCCCCCCCCCOS(=O)Cl. The molecule has 2 nitrogen and oxygen atoms in total. The molecule has 0 heterocycles. The van der Waals surface area contributed by atoms with Crippen LogP contribution in [0.15, 0.2) is 0 Å². The van der Waals surface area contributed by atoms with Crippen LogP contribution in [0.3, 0.4) is 0 Å². The first-order chi connectivity index (χ1) is 8.27. The summed E-state index contributed by atoms with van der Waals surface area (Å²) in [6.07, 6.45) is 14.4. The molecule has 0 saturated heterocycles. The molecule has 0 amide bonds. The average molecular weight is 283 g/mol. The van der Waals surface area contributed by atoms with Crippen molar-refractivity contribution in [3.05, 3.63) is 0 Å². The van der Waals surface area contributed by atoms with Gasteiger partial charge in [0.15, 0.2) is 0 Å². The van der Waals surface area contributed by atoms with Gasteiger partial charge in [-0.05, 0) is 6.42 Å². The smallest absolute Gasteiger partial charge is 0.255 e. The molecule has 17 heavy (non-hydrogen) atoms. The van der Waals surface area contributed by atoms with Gasteiger partial charge < -0.3 is 0 Å². The van der Waals surface area contributed by atoms with Crippen molar-refractivity contribution in [3.63, 3.8) is 0 Å². The van der Waals surface area contributed by atoms with E-state index in [0.29, 0.717) is 6.61 Å². The minimum Gasteiger partial charge on any atom is -0.278 e. The highest BCUT2D eigenvalue weighted by molar-refractivity contribution is 8.04. The average Bonchev–Trinajstić information content (AvgIpc) is 2.30. The van der Waals surface area contributed by atoms with Gasteiger partial charge in [0.05, 0.1) is 6.61 Å². The second-order valence-electron chi connectivity index (χ2n) is 4.55. The molecule has 0 aliphatic rings. The second-order valence-corrected chi connectivity index (χ2v) is 5.93. The minimum absolute atomic E-state index is 0.521. The van der Waals surface area contributed by atoms with Crippen LogP contribution < -0.4 is 0 Å². The van der Waals surface area contributed by atoms with Crippen molar-refractivity contribution >= 4 is 21.0 Å². The molecule has 104 valence electrons. The zero-order chi connectivity index (χ0) is 12.8. The minimum atomic E-state index is -1.61. The Bertz CT molecular complexity index is 177. The monoisotopic (exact) mass is 282 g/mol. The van der Waals surface area contributed by atoms with E-state index in [4.69, 9.17) is 14.9 Å². The molecule has 0 aliphatic heterocycles. The van der Waals surface area contributed by atoms with Crippen LogP contribution in [0, 0.1) is 0 Å². The highest BCUT2D eigenvalue weighted by Crippen LogP contribution is 2.11. The number of hydrogen-bond acceptors (Lipinski definition) is 2. The van der Waals surface area contributed by atoms with Gasteiger partial charge in [0.1, 0.15) is 0 Å². The zero-order valence-electron chi connectivity index (χ0n) is 11.1. The van der Waals surface area contributed by atoms with Crippen LogP contribution in [0.2, 0.25) is 0 Å². The van der Waals surface area contributed by atoms with Crippen LogP contribution in [-0.4, -0.2) is 10.8 Å². The molecule has 0 spiro atoms. The highest BCUT2D eigenvalue weighted by Gasteiger charge is 1.95. The van der Waals surface area contributed by atoms with E-state index in [1.165, 1.54) is 57.8 Å². The summed E-state index contributed by atoms with van der Waals surface area (Å²) in [7, 11) is 3.55. The third kappa shape index (κ3) is 16.4. The third-order valence-corrected chi connectivity index (χ3v) is 3.54. The molecule has 0 aromatic carbocycles. The third-order valence-electron chi connectivity index (χ3n) is 2.92. The molecular weight excluding hydrogens is 256 g/mol. The summed E-state index contributed by atoms with van der Waals surface area (Å²) in [5, 5.41) is 0. The predicted molar refractivity (Wildman–Crippen MR) is 76.4 cm³/mol. The van der Waals surface area contributed by atoms with Crippen molar-refractivity contribution in [2.45, 2.75) is 77.6 Å². The Balaban J connectivity index is 2.91. The number of rotatable bonds is 13. The molecular formula is C13H27ClO2S. The Labute approximate surface area is 114 Å². The van der Waals surface area contributed by atoms with E-state index in [1.807, 2.05) is 0 Å². The van der Waals surface area contributed by atoms with Gasteiger partial charge in [-0.25, -0.2) is 4.21 Å². The maximum atomic E-state index is 10.4. The lowest BCUT2D eigenvalue weighted by Crippen LogP contribution is -1.93. The van der Waals surface area contributed by atoms with Crippen LogP contribution in [0.5, 0.6) is 0 Å². The predicted octanol–water partition coefficient (Wildman–Crippen LogP) is 5.13. The maximum absolute atomic E-state index is 10.4. The molecule has 0 saturated carbocycles. The van der Waals surface area contributed by atoms with Crippen molar-refractivity contribution < 1.29 is 8.39 Å². The van der Waals surface area contributed by atoms with E-state index in [0.717, 1.165) is 12.8 Å². The maximum Gasteiger partial charge on any atom is 0.255 e. The van der Waals surface area contributed by atoms with Crippen molar-refractivity contribution in [3.8, 4) is 0 Å². The van der Waals surface area contributed by atoms with Gasteiger partial charge in [0, 0.05) is 10.7 Å². The standard InChI is InChI=1S/C13H27ClO2S/c1-2-3-4-5-6-7-8-9-10-11-12-13-16-17(14)15/h2-13H2,1H3. The fourth-order valence-electron chi connectivity index (χ4n) is 1.89. The van der Waals surface area contributed by atoms with Gasteiger partial charge in [-0.3, -0.25) is 4.18 Å². The number of unbranched alkanes of at least 4 members (excludes halogenated alkanes) is 10. The first-order valence-corrected chi connectivity index (χ1v) is 8.88. The normalized spacial score (nSPS) is 12.8. The lowest BCUT2D eigenvalue weighted by molar-refractivity contribution is 0.338. The molecule has 0 aliphatic carbocycles. The van der Waals surface area contributed by atoms with Crippen LogP contribution in [0.25, 0.3) is 0 Å². The van der Waals surface area contributed by atoms with Crippen LogP contribution in [0.4, 0.5) is 0 Å². The Morgan fingerprint density at radius 1 is 0.824 bits per heavy atom. The summed E-state index contributed by atoms with van der Waals surface area (Å²) in [5.74, 6) is 0. The van der Waals surface area contributed by atoms with E-state index in [2.05, 4.69) is 6.92 Å². The van der Waals surface area contributed by atoms with E-state index in [-0.39, 0.29) is 0 Å². The molecule has 1 unspecified atom stereocenters. The molecule has 0 N–H and O–H groups in total. The van der Waals surface area contributed by atoms with Crippen molar-refractivity contribution in [2.75, 3.05) is 6.61 Å². The fraction of sp³-hybridized carbons (Fsp3) is 1.00. The van der Waals surface area contributed by atoms with E-state index in [9.17, 15) is 4.21 Å². The Morgan fingerprint density at radius 3 is 1.65 bits per heavy atom. The van der Waals surface area contributed by atoms with Crippen molar-refractivity contribution in [1.29, 1.82) is 0 Å². The largest absolute Gasteiger partial charge is 0.278 e. The van der Waals surface area contributed by atoms with Gasteiger partial charge in [0.25, 0.3) is 10.3 Å². The zero-order valence-corrected chi connectivity index (χ0v) is 12.7. The second kappa shape index (κ2) is 14.5. The molecule has 0 aromatic rings. The number of halogens is 1. The Hall–Kier alpha value is 0.400. The summed E-state index contributed by atoms with van der Waals surface area (Å²) < 4.78 is 15.1. The quantitative estimate of drug-likeness (QED) is 0.346. The summed E-state index contributed by atoms with van der Waals surface area (Å²) in [6, 6.07) is 0. The van der Waals surface area contributed by atoms with E-state index < -0.39 is 10.3 Å². The van der Waals surface area contributed by atoms with Crippen LogP contribution in [0.1, 0.15) is 77.6 Å². The van der Waals surface area contributed by atoms with Gasteiger partial charge in [-0.2, -0.15) is 0 Å². The van der Waals surface area contributed by atoms with Gasteiger partial charge in [-0.1, -0.05) is 71.1 Å². The lowest BCUT2D eigenvalue weighted by Gasteiger charge is -2.02. The summed E-state index contributed by atoms with van der Waals surface area (Å²) >= 11 is 0.